The molecule has 1 aromatic carbocycles. The highest BCUT2D eigenvalue weighted by Crippen LogP contribution is 2.31. The second-order valence-electron chi connectivity index (χ2n) is 9.15. The van der Waals surface area contributed by atoms with Crippen LogP contribution in [0.2, 0.25) is 0 Å². The third-order valence-corrected chi connectivity index (χ3v) is 6.17. The zero-order valence-electron chi connectivity index (χ0n) is 20.1. The molecule has 2 heterocycles. The number of likely N-dealkylation sites (tertiary alicyclic amines) is 1. The number of aromatic nitrogens is 2. The van der Waals surface area contributed by atoms with E-state index < -0.39 is 0 Å². The van der Waals surface area contributed by atoms with Gasteiger partial charge in [0.1, 0.15) is 0 Å². The van der Waals surface area contributed by atoms with Crippen molar-refractivity contribution < 1.29 is 18.8 Å². The summed E-state index contributed by atoms with van der Waals surface area (Å²) in [6.07, 6.45) is 1.68. The van der Waals surface area contributed by atoms with E-state index in [4.69, 9.17) is 14.0 Å². The normalized spacial score (nSPS) is 15.5. The maximum absolute atomic E-state index is 12.8. The number of benzene rings is 1. The van der Waals surface area contributed by atoms with E-state index in [2.05, 4.69) is 48.1 Å². The molecule has 0 radical (unpaired) electrons. The van der Waals surface area contributed by atoms with Gasteiger partial charge in [-0.1, -0.05) is 32.9 Å². The summed E-state index contributed by atoms with van der Waals surface area (Å²) < 4.78 is 16.1. The van der Waals surface area contributed by atoms with Crippen molar-refractivity contribution in [1.82, 2.24) is 20.4 Å². The van der Waals surface area contributed by atoms with Gasteiger partial charge in [0, 0.05) is 17.5 Å². The van der Waals surface area contributed by atoms with Crippen molar-refractivity contribution in [2.75, 3.05) is 27.3 Å². The lowest BCUT2D eigenvalue weighted by Gasteiger charge is -2.33. The SMILES string of the molecule is COc1ccc(-c2noc(CN3CCC(C(=O)NC(C(C)C)C(C)C)CC3)n2)cc1OC. The number of hydrogen-bond donors (Lipinski definition) is 1. The van der Waals surface area contributed by atoms with Crippen LogP contribution in [0.15, 0.2) is 22.7 Å². The van der Waals surface area contributed by atoms with Gasteiger partial charge >= 0.3 is 0 Å². The molecule has 0 bridgehead atoms. The van der Waals surface area contributed by atoms with Crippen LogP contribution in [-0.4, -0.2) is 54.3 Å². The number of rotatable bonds is 9. The molecule has 8 heteroatoms. The van der Waals surface area contributed by atoms with Crippen LogP contribution in [0.25, 0.3) is 11.4 Å². The van der Waals surface area contributed by atoms with E-state index in [9.17, 15) is 4.79 Å². The molecule has 3 rings (SSSR count). The van der Waals surface area contributed by atoms with Crippen molar-refractivity contribution >= 4 is 5.91 Å². The largest absolute Gasteiger partial charge is 0.493 e. The van der Waals surface area contributed by atoms with Crippen LogP contribution in [0.1, 0.15) is 46.4 Å². The minimum Gasteiger partial charge on any atom is -0.493 e. The zero-order valence-corrected chi connectivity index (χ0v) is 20.1. The second-order valence-corrected chi connectivity index (χ2v) is 9.15. The minimum absolute atomic E-state index is 0.0660. The lowest BCUT2D eigenvalue weighted by molar-refractivity contribution is -0.127. The average molecular weight is 445 g/mol. The Balaban J connectivity index is 1.54. The van der Waals surface area contributed by atoms with Gasteiger partial charge in [0.25, 0.3) is 0 Å². The number of carbonyl (C=O) groups excluding carboxylic acids is 1. The zero-order chi connectivity index (χ0) is 23.3. The average Bonchev–Trinajstić information content (AvgIpc) is 3.25. The van der Waals surface area contributed by atoms with E-state index >= 15 is 0 Å². The highest BCUT2D eigenvalue weighted by molar-refractivity contribution is 5.79. The first kappa shape index (κ1) is 24.0. The van der Waals surface area contributed by atoms with Crippen LogP contribution >= 0.6 is 0 Å². The van der Waals surface area contributed by atoms with Gasteiger partial charge in [0.2, 0.25) is 17.6 Å². The van der Waals surface area contributed by atoms with Crippen molar-refractivity contribution in [3.63, 3.8) is 0 Å². The number of hydrogen-bond acceptors (Lipinski definition) is 7. The van der Waals surface area contributed by atoms with Crippen molar-refractivity contribution in [3.05, 3.63) is 24.1 Å². The summed E-state index contributed by atoms with van der Waals surface area (Å²) in [5.74, 6) is 3.46. The molecule has 1 aliphatic rings. The van der Waals surface area contributed by atoms with Crippen LogP contribution in [0, 0.1) is 17.8 Å². The topological polar surface area (TPSA) is 89.7 Å². The standard InChI is InChI=1S/C24H36N4O4/c1-15(2)22(16(3)4)26-24(29)17-9-11-28(12-10-17)14-21-25-23(27-32-21)18-7-8-19(30-5)20(13-18)31-6/h7-8,13,15-17,22H,9-12,14H2,1-6H3,(H,26,29). The molecule has 0 aliphatic carbocycles. The molecule has 8 nitrogen and oxygen atoms in total. The molecule has 1 fully saturated rings. The third kappa shape index (κ3) is 5.79. The van der Waals surface area contributed by atoms with Crippen LogP contribution in [0.3, 0.4) is 0 Å². The van der Waals surface area contributed by atoms with Crippen molar-refractivity contribution in [2.45, 2.75) is 53.1 Å². The summed E-state index contributed by atoms with van der Waals surface area (Å²) >= 11 is 0. The van der Waals surface area contributed by atoms with E-state index in [0.29, 0.717) is 41.6 Å². The highest BCUT2D eigenvalue weighted by Gasteiger charge is 2.29. The van der Waals surface area contributed by atoms with Gasteiger partial charge in [0.15, 0.2) is 11.5 Å². The number of amides is 1. The molecule has 1 aromatic heterocycles. The summed E-state index contributed by atoms with van der Waals surface area (Å²) in [6, 6.07) is 5.75. The van der Waals surface area contributed by atoms with Gasteiger partial charge in [-0.25, -0.2) is 0 Å². The minimum atomic E-state index is 0.0660. The molecule has 1 amide bonds. The maximum atomic E-state index is 12.8. The first-order chi connectivity index (χ1) is 15.3. The Morgan fingerprint density at radius 2 is 1.78 bits per heavy atom. The summed E-state index contributed by atoms with van der Waals surface area (Å²) in [5, 5.41) is 7.39. The van der Waals surface area contributed by atoms with E-state index in [0.717, 1.165) is 31.5 Å². The van der Waals surface area contributed by atoms with E-state index in [1.807, 2.05) is 18.2 Å². The van der Waals surface area contributed by atoms with Crippen molar-refractivity contribution in [2.24, 2.45) is 17.8 Å². The number of ether oxygens (including phenoxy) is 2. The Morgan fingerprint density at radius 3 is 2.38 bits per heavy atom. The van der Waals surface area contributed by atoms with E-state index in [1.54, 1.807) is 14.2 Å². The van der Waals surface area contributed by atoms with Gasteiger partial charge in [-0.3, -0.25) is 9.69 Å². The number of methoxy groups -OCH3 is 2. The Bertz CT molecular complexity index is 880. The molecule has 0 saturated carbocycles. The lowest BCUT2D eigenvalue weighted by Crippen LogP contribution is -2.47. The predicted octanol–water partition coefficient (Wildman–Crippen LogP) is 3.76. The summed E-state index contributed by atoms with van der Waals surface area (Å²) in [7, 11) is 3.20. The fraction of sp³-hybridized carbons (Fsp3) is 0.625. The lowest BCUT2D eigenvalue weighted by atomic mass is 9.90. The van der Waals surface area contributed by atoms with Gasteiger partial charge in [-0.05, 0) is 56.0 Å². The molecule has 176 valence electrons. The first-order valence-corrected chi connectivity index (χ1v) is 11.4. The molecule has 0 unspecified atom stereocenters. The summed E-state index contributed by atoms with van der Waals surface area (Å²) in [6.45, 7) is 10.9. The molecule has 1 N–H and O–H groups in total. The maximum Gasteiger partial charge on any atom is 0.241 e. The predicted molar refractivity (Wildman–Crippen MR) is 122 cm³/mol. The molecular formula is C24H36N4O4. The Morgan fingerprint density at radius 1 is 1.12 bits per heavy atom. The Kier molecular flexibility index (Phi) is 8.12. The molecule has 0 spiro atoms. The third-order valence-electron chi connectivity index (χ3n) is 6.17. The fourth-order valence-electron chi connectivity index (χ4n) is 4.34. The Labute approximate surface area is 190 Å². The Hall–Kier alpha value is -2.61. The highest BCUT2D eigenvalue weighted by atomic mass is 16.5. The van der Waals surface area contributed by atoms with Gasteiger partial charge in [-0.2, -0.15) is 4.98 Å². The molecule has 0 atom stereocenters. The smallest absolute Gasteiger partial charge is 0.241 e. The van der Waals surface area contributed by atoms with Crippen LogP contribution in [-0.2, 0) is 11.3 Å². The number of piperidine rings is 1. The fourth-order valence-corrected chi connectivity index (χ4v) is 4.34. The van der Waals surface area contributed by atoms with Gasteiger partial charge in [0.05, 0.1) is 20.8 Å². The van der Waals surface area contributed by atoms with Crippen LogP contribution in [0.5, 0.6) is 11.5 Å². The van der Waals surface area contributed by atoms with E-state index in [1.165, 1.54) is 0 Å². The molecule has 2 aromatic rings. The second kappa shape index (κ2) is 10.8. The number of nitrogens with zero attached hydrogens (tertiary/aromatic N) is 3. The van der Waals surface area contributed by atoms with Gasteiger partial charge < -0.3 is 19.3 Å². The van der Waals surface area contributed by atoms with Crippen LogP contribution in [0.4, 0.5) is 0 Å². The number of nitrogens with one attached hydrogen (secondary N) is 1. The molecule has 1 aliphatic heterocycles. The summed E-state index contributed by atoms with van der Waals surface area (Å²) in [5.41, 5.74) is 0.804. The van der Waals surface area contributed by atoms with Crippen molar-refractivity contribution in [3.8, 4) is 22.9 Å². The monoisotopic (exact) mass is 444 g/mol. The molecule has 32 heavy (non-hydrogen) atoms. The molecular weight excluding hydrogens is 408 g/mol. The van der Waals surface area contributed by atoms with Gasteiger partial charge in [-0.15, -0.1) is 0 Å². The summed E-state index contributed by atoms with van der Waals surface area (Å²) in [4.78, 5) is 19.6. The first-order valence-electron chi connectivity index (χ1n) is 11.4. The molecule has 1 saturated heterocycles. The number of carbonyl (C=O) groups is 1. The van der Waals surface area contributed by atoms with Crippen molar-refractivity contribution in [1.29, 1.82) is 0 Å². The van der Waals surface area contributed by atoms with E-state index in [-0.39, 0.29) is 17.9 Å². The van der Waals surface area contributed by atoms with Crippen LogP contribution < -0.4 is 14.8 Å². The quantitative estimate of drug-likeness (QED) is 0.630.